The van der Waals surface area contributed by atoms with Gasteiger partial charge in [0.25, 0.3) is 0 Å². The summed E-state index contributed by atoms with van der Waals surface area (Å²) in [6, 6.07) is 0.244. The summed E-state index contributed by atoms with van der Waals surface area (Å²) in [5.74, 6) is 0. The monoisotopic (exact) mass is 223 g/mol. The van der Waals surface area contributed by atoms with Crippen molar-refractivity contribution in [1.29, 1.82) is 0 Å². The molecule has 1 aromatic rings. The molecule has 2 atom stereocenters. The number of nitrogens with zero attached hydrogens (tertiary/aromatic N) is 2. The van der Waals surface area contributed by atoms with Crippen LogP contribution in [0.4, 0.5) is 0 Å². The smallest absolute Gasteiger partial charge is 0.0850 e. The number of hydrogen-bond donors (Lipinski definition) is 1. The first-order chi connectivity index (χ1) is 7.65. The molecular formula is C12H21N3O. The van der Waals surface area contributed by atoms with Gasteiger partial charge in [-0.15, -0.1) is 0 Å². The molecule has 0 spiro atoms. The molecule has 2 heterocycles. The Balaban J connectivity index is 2.22. The molecule has 0 aliphatic carbocycles. The molecule has 0 saturated carbocycles. The third kappa shape index (κ3) is 2.13. The van der Waals surface area contributed by atoms with Gasteiger partial charge in [0.2, 0.25) is 0 Å². The SMILES string of the molecule is CCNC(c1cnn(C)c1)C1(C)CCCO1. The van der Waals surface area contributed by atoms with E-state index in [0.29, 0.717) is 0 Å². The molecular weight excluding hydrogens is 202 g/mol. The van der Waals surface area contributed by atoms with E-state index in [1.54, 1.807) is 0 Å². The molecule has 2 rings (SSSR count). The molecule has 90 valence electrons. The molecule has 1 aromatic heterocycles. The predicted molar refractivity (Wildman–Crippen MR) is 63.2 cm³/mol. The lowest BCUT2D eigenvalue weighted by atomic mass is 9.89. The van der Waals surface area contributed by atoms with Crippen LogP contribution in [0.1, 0.15) is 38.3 Å². The topological polar surface area (TPSA) is 39.1 Å². The average Bonchev–Trinajstić information content (AvgIpc) is 2.85. The van der Waals surface area contributed by atoms with Crippen LogP contribution in [-0.4, -0.2) is 28.5 Å². The van der Waals surface area contributed by atoms with Crippen LogP contribution in [0.3, 0.4) is 0 Å². The third-order valence-corrected chi connectivity index (χ3v) is 3.33. The number of nitrogens with one attached hydrogen (secondary N) is 1. The van der Waals surface area contributed by atoms with E-state index in [0.717, 1.165) is 26.0 Å². The maximum absolute atomic E-state index is 5.92. The largest absolute Gasteiger partial charge is 0.373 e. The summed E-state index contributed by atoms with van der Waals surface area (Å²) in [6.45, 7) is 6.14. The molecule has 0 bridgehead atoms. The number of hydrogen-bond acceptors (Lipinski definition) is 3. The molecule has 16 heavy (non-hydrogen) atoms. The fourth-order valence-corrected chi connectivity index (χ4v) is 2.51. The Bertz CT molecular complexity index is 342. The maximum Gasteiger partial charge on any atom is 0.0850 e. The van der Waals surface area contributed by atoms with Gasteiger partial charge < -0.3 is 10.1 Å². The summed E-state index contributed by atoms with van der Waals surface area (Å²) in [7, 11) is 1.95. The molecule has 0 aromatic carbocycles. The Morgan fingerprint density at radius 1 is 1.69 bits per heavy atom. The highest BCUT2D eigenvalue weighted by Gasteiger charge is 2.39. The van der Waals surface area contributed by atoms with Crippen molar-refractivity contribution in [2.75, 3.05) is 13.2 Å². The molecule has 0 radical (unpaired) electrons. The van der Waals surface area contributed by atoms with Crippen LogP contribution in [0.25, 0.3) is 0 Å². The molecule has 4 heteroatoms. The number of likely N-dealkylation sites (N-methyl/N-ethyl adjacent to an activating group) is 1. The van der Waals surface area contributed by atoms with Gasteiger partial charge in [0, 0.05) is 25.4 Å². The van der Waals surface area contributed by atoms with Crippen molar-refractivity contribution >= 4 is 0 Å². The van der Waals surface area contributed by atoms with Crippen LogP contribution >= 0.6 is 0 Å². The highest BCUT2D eigenvalue weighted by atomic mass is 16.5. The maximum atomic E-state index is 5.92. The minimum Gasteiger partial charge on any atom is -0.373 e. The fourth-order valence-electron chi connectivity index (χ4n) is 2.51. The van der Waals surface area contributed by atoms with Gasteiger partial charge in [-0.25, -0.2) is 0 Å². The Morgan fingerprint density at radius 3 is 3.00 bits per heavy atom. The van der Waals surface area contributed by atoms with Crippen LogP contribution in [0, 0.1) is 0 Å². The molecule has 1 saturated heterocycles. The minimum absolute atomic E-state index is 0.0843. The minimum atomic E-state index is -0.0843. The van der Waals surface area contributed by atoms with Gasteiger partial charge in [-0.2, -0.15) is 5.10 Å². The van der Waals surface area contributed by atoms with Crippen LogP contribution in [0.15, 0.2) is 12.4 Å². The van der Waals surface area contributed by atoms with Crippen LogP contribution in [0.5, 0.6) is 0 Å². The number of rotatable bonds is 4. The number of aryl methyl sites for hydroxylation is 1. The fraction of sp³-hybridized carbons (Fsp3) is 0.750. The van der Waals surface area contributed by atoms with Crippen molar-refractivity contribution in [1.82, 2.24) is 15.1 Å². The zero-order valence-corrected chi connectivity index (χ0v) is 10.4. The lowest BCUT2D eigenvalue weighted by Crippen LogP contribution is -2.41. The van der Waals surface area contributed by atoms with E-state index in [1.165, 1.54) is 5.56 Å². The predicted octanol–water partition coefficient (Wildman–Crippen LogP) is 1.64. The van der Waals surface area contributed by atoms with Gasteiger partial charge in [-0.3, -0.25) is 4.68 Å². The molecule has 4 nitrogen and oxygen atoms in total. The van der Waals surface area contributed by atoms with Gasteiger partial charge in [-0.1, -0.05) is 6.92 Å². The molecule has 1 aliphatic heterocycles. The van der Waals surface area contributed by atoms with Gasteiger partial charge in [-0.05, 0) is 26.3 Å². The van der Waals surface area contributed by atoms with Crippen LogP contribution in [-0.2, 0) is 11.8 Å². The Labute approximate surface area is 97.0 Å². The van der Waals surface area contributed by atoms with Gasteiger partial charge in [0.05, 0.1) is 17.8 Å². The summed E-state index contributed by atoms with van der Waals surface area (Å²) in [5, 5.41) is 7.76. The second-order valence-corrected chi connectivity index (χ2v) is 4.70. The second-order valence-electron chi connectivity index (χ2n) is 4.70. The van der Waals surface area contributed by atoms with Crippen molar-refractivity contribution < 1.29 is 4.74 Å². The van der Waals surface area contributed by atoms with Crippen molar-refractivity contribution in [2.24, 2.45) is 7.05 Å². The third-order valence-electron chi connectivity index (χ3n) is 3.33. The van der Waals surface area contributed by atoms with E-state index >= 15 is 0 Å². The Morgan fingerprint density at radius 2 is 2.50 bits per heavy atom. The molecule has 1 fully saturated rings. The van der Waals surface area contributed by atoms with Crippen molar-refractivity contribution in [3.05, 3.63) is 18.0 Å². The summed E-state index contributed by atoms with van der Waals surface area (Å²) in [4.78, 5) is 0. The average molecular weight is 223 g/mol. The quantitative estimate of drug-likeness (QED) is 0.843. The summed E-state index contributed by atoms with van der Waals surface area (Å²) in [6.07, 6.45) is 6.26. The second kappa shape index (κ2) is 4.55. The molecule has 2 unspecified atom stereocenters. The molecule has 0 amide bonds. The van der Waals surface area contributed by atoms with E-state index in [-0.39, 0.29) is 11.6 Å². The first-order valence-corrected chi connectivity index (χ1v) is 6.01. The van der Waals surface area contributed by atoms with E-state index in [1.807, 2.05) is 17.9 Å². The number of ether oxygens (including phenoxy) is 1. The normalized spacial score (nSPS) is 27.2. The zero-order valence-electron chi connectivity index (χ0n) is 10.4. The summed E-state index contributed by atoms with van der Waals surface area (Å²) in [5.41, 5.74) is 1.13. The van der Waals surface area contributed by atoms with E-state index < -0.39 is 0 Å². The highest BCUT2D eigenvalue weighted by molar-refractivity contribution is 5.16. The van der Waals surface area contributed by atoms with Crippen molar-refractivity contribution in [2.45, 2.75) is 38.3 Å². The van der Waals surface area contributed by atoms with Crippen molar-refractivity contribution in [3.8, 4) is 0 Å². The Hall–Kier alpha value is -0.870. The highest BCUT2D eigenvalue weighted by Crippen LogP contribution is 2.37. The summed E-state index contributed by atoms with van der Waals surface area (Å²) >= 11 is 0. The first-order valence-electron chi connectivity index (χ1n) is 6.01. The summed E-state index contributed by atoms with van der Waals surface area (Å²) < 4.78 is 7.76. The zero-order chi connectivity index (χ0) is 11.6. The van der Waals surface area contributed by atoms with Gasteiger partial charge in [0.1, 0.15) is 0 Å². The molecule has 1 N–H and O–H groups in total. The number of aromatic nitrogens is 2. The van der Waals surface area contributed by atoms with Gasteiger partial charge in [0.15, 0.2) is 0 Å². The van der Waals surface area contributed by atoms with Gasteiger partial charge >= 0.3 is 0 Å². The van der Waals surface area contributed by atoms with E-state index in [4.69, 9.17) is 4.74 Å². The van der Waals surface area contributed by atoms with E-state index in [9.17, 15) is 0 Å². The Kier molecular flexibility index (Phi) is 3.30. The van der Waals surface area contributed by atoms with E-state index in [2.05, 4.69) is 30.5 Å². The lowest BCUT2D eigenvalue weighted by molar-refractivity contribution is -0.0121. The van der Waals surface area contributed by atoms with Crippen molar-refractivity contribution in [3.63, 3.8) is 0 Å². The van der Waals surface area contributed by atoms with Crippen LogP contribution in [0.2, 0.25) is 0 Å². The van der Waals surface area contributed by atoms with Crippen LogP contribution < -0.4 is 5.32 Å². The lowest BCUT2D eigenvalue weighted by Gasteiger charge is -2.33. The first kappa shape index (κ1) is 11.6. The molecule has 1 aliphatic rings. The standard InChI is InChI=1S/C12H21N3O/c1-4-13-11(10-8-14-15(3)9-10)12(2)6-5-7-16-12/h8-9,11,13H,4-7H2,1-3H3.